The topological polar surface area (TPSA) is 41.0 Å². The van der Waals surface area contributed by atoms with Crippen LogP contribution in [0.25, 0.3) is 11.4 Å². The molecule has 0 amide bonds. The minimum atomic E-state index is 0.671. The SMILES string of the molecule is Clc1ccccc1Nc1cc(N2CCCC2)nc(-c2ccccc2)n1. The van der Waals surface area contributed by atoms with Gasteiger partial charge in [-0.05, 0) is 25.0 Å². The minimum Gasteiger partial charge on any atom is -0.356 e. The van der Waals surface area contributed by atoms with Crippen molar-refractivity contribution in [2.24, 2.45) is 0 Å². The molecule has 126 valence electrons. The molecule has 4 nitrogen and oxygen atoms in total. The van der Waals surface area contributed by atoms with Crippen LogP contribution >= 0.6 is 11.6 Å². The number of rotatable bonds is 4. The van der Waals surface area contributed by atoms with Crippen molar-refractivity contribution in [1.82, 2.24) is 9.97 Å². The highest BCUT2D eigenvalue weighted by molar-refractivity contribution is 6.33. The Morgan fingerprint density at radius 3 is 2.36 bits per heavy atom. The predicted octanol–water partition coefficient (Wildman–Crippen LogP) is 5.14. The minimum absolute atomic E-state index is 0.671. The van der Waals surface area contributed by atoms with E-state index in [1.807, 2.05) is 60.7 Å². The molecule has 0 unspecified atom stereocenters. The molecule has 4 rings (SSSR count). The molecule has 3 aromatic rings. The number of hydrogen-bond acceptors (Lipinski definition) is 4. The summed E-state index contributed by atoms with van der Waals surface area (Å²) in [6.07, 6.45) is 2.41. The standard InChI is InChI=1S/C20H19ClN4/c21-16-10-4-5-11-17(16)22-18-14-19(25-12-6-7-13-25)24-20(23-18)15-8-2-1-3-9-15/h1-5,8-11,14H,6-7,12-13H2,(H,22,23,24). The molecule has 1 N–H and O–H groups in total. The lowest BCUT2D eigenvalue weighted by Crippen LogP contribution is -2.19. The molecule has 0 atom stereocenters. The highest BCUT2D eigenvalue weighted by Crippen LogP contribution is 2.29. The third-order valence-corrected chi connectivity index (χ3v) is 4.64. The first-order chi connectivity index (χ1) is 12.3. The first-order valence-electron chi connectivity index (χ1n) is 8.50. The number of halogens is 1. The number of aromatic nitrogens is 2. The lowest BCUT2D eigenvalue weighted by atomic mass is 10.2. The lowest BCUT2D eigenvalue weighted by molar-refractivity contribution is 0.931. The van der Waals surface area contributed by atoms with Crippen molar-refractivity contribution in [3.05, 3.63) is 65.7 Å². The van der Waals surface area contributed by atoms with Crippen LogP contribution < -0.4 is 10.2 Å². The van der Waals surface area contributed by atoms with Crippen LogP contribution in [0.15, 0.2) is 60.7 Å². The van der Waals surface area contributed by atoms with Crippen LogP contribution in [0.2, 0.25) is 5.02 Å². The predicted molar refractivity (Wildman–Crippen MR) is 104 cm³/mol. The molecule has 5 heteroatoms. The van der Waals surface area contributed by atoms with E-state index in [0.717, 1.165) is 41.8 Å². The van der Waals surface area contributed by atoms with Crippen molar-refractivity contribution >= 4 is 28.9 Å². The van der Waals surface area contributed by atoms with E-state index < -0.39 is 0 Å². The van der Waals surface area contributed by atoms with E-state index >= 15 is 0 Å². The Morgan fingerprint density at radius 2 is 1.60 bits per heavy atom. The molecule has 1 aliphatic rings. The average molecular weight is 351 g/mol. The first kappa shape index (κ1) is 15.9. The van der Waals surface area contributed by atoms with E-state index in [1.165, 1.54) is 12.8 Å². The molecule has 0 aliphatic carbocycles. The van der Waals surface area contributed by atoms with Gasteiger partial charge in [-0.3, -0.25) is 0 Å². The van der Waals surface area contributed by atoms with Crippen LogP contribution in [0.1, 0.15) is 12.8 Å². The Labute approximate surface area is 152 Å². The molecule has 0 saturated carbocycles. The fraction of sp³-hybridized carbons (Fsp3) is 0.200. The molecular formula is C20H19ClN4. The quantitative estimate of drug-likeness (QED) is 0.707. The van der Waals surface area contributed by atoms with Crippen molar-refractivity contribution < 1.29 is 0 Å². The third kappa shape index (κ3) is 3.59. The molecule has 1 saturated heterocycles. The summed E-state index contributed by atoms with van der Waals surface area (Å²) in [5.41, 5.74) is 1.85. The van der Waals surface area contributed by atoms with Crippen molar-refractivity contribution in [3.63, 3.8) is 0 Å². The molecule has 0 radical (unpaired) electrons. The Kier molecular flexibility index (Phi) is 4.53. The van der Waals surface area contributed by atoms with Crippen LogP contribution in [0.3, 0.4) is 0 Å². The van der Waals surface area contributed by atoms with Crippen molar-refractivity contribution in [1.29, 1.82) is 0 Å². The summed E-state index contributed by atoms with van der Waals surface area (Å²) < 4.78 is 0. The largest absolute Gasteiger partial charge is 0.356 e. The number of nitrogens with zero attached hydrogens (tertiary/aromatic N) is 3. The maximum Gasteiger partial charge on any atom is 0.163 e. The second kappa shape index (κ2) is 7.11. The van der Waals surface area contributed by atoms with Gasteiger partial charge in [0.05, 0.1) is 10.7 Å². The molecule has 1 fully saturated rings. The van der Waals surface area contributed by atoms with Crippen molar-refractivity contribution in [3.8, 4) is 11.4 Å². The summed E-state index contributed by atoms with van der Waals surface area (Å²) in [6, 6.07) is 19.7. The summed E-state index contributed by atoms with van der Waals surface area (Å²) in [4.78, 5) is 11.8. The monoisotopic (exact) mass is 350 g/mol. The van der Waals surface area contributed by atoms with E-state index in [9.17, 15) is 0 Å². The molecule has 1 aliphatic heterocycles. The van der Waals surface area contributed by atoms with Crippen LogP contribution in [-0.4, -0.2) is 23.1 Å². The number of anilines is 3. The van der Waals surface area contributed by atoms with Gasteiger partial charge in [0, 0.05) is 24.7 Å². The van der Waals surface area contributed by atoms with E-state index in [1.54, 1.807) is 0 Å². The molecule has 1 aromatic heterocycles. The van der Waals surface area contributed by atoms with E-state index in [4.69, 9.17) is 21.6 Å². The Hall–Kier alpha value is -2.59. The van der Waals surface area contributed by atoms with Crippen molar-refractivity contribution in [2.45, 2.75) is 12.8 Å². The zero-order valence-corrected chi connectivity index (χ0v) is 14.6. The Bertz CT molecular complexity index is 861. The summed E-state index contributed by atoms with van der Waals surface area (Å²) in [5.74, 6) is 2.43. The molecule has 25 heavy (non-hydrogen) atoms. The molecule has 0 spiro atoms. The van der Waals surface area contributed by atoms with Gasteiger partial charge in [-0.2, -0.15) is 0 Å². The highest BCUT2D eigenvalue weighted by atomic mass is 35.5. The van der Waals surface area contributed by atoms with Crippen molar-refractivity contribution in [2.75, 3.05) is 23.3 Å². The smallest absolute Gasteiger partial charge is 0.163 e. The second-order valence-corrected chi connectivity index (χ2v) is 6.51. The second-order valence-electron chi connectivity index (χ2n) is 6.10. The van der Waals surface area contributed by atoms with Crippen LogP contribution in [-0.2, 0) is 0 Å². The summed E-state index contributed by atoms with van der Waals surface area (Å²) in [7, 11) is 0. The normalized spacial score (nSPS) is 13.9. The summed E-state index contributed by atoms with van der Waals surface area (Å²) in [6.45, 7) is 2.08. The number of para-hydroxylation sites is 1. The molecule has 2 heterocycles. The summed E-state index contributed by atoms with van der Waals surface area (Å²) >= 11 is 6.28. The van der Waals surface area contributed by atoms with Gasteiger partial charge in [-0.1, -0.05) is 54.1 Å². The number of benzene rings is 2. The van der Waals surface area contributed by atoms with Crippen LogP contribution in [0.5, 0.6) is 0 Å². The van der Waals surface area contributed by atoms with Gasteiger partial charge in [0.15, 0.2) is 5.82 Å². The van der Waals surface area contributed by atoms with E-state index in [0.29, 0.717) is 5.02 Å². The third-order valence-electron chi connectivity index (χ3n) is 4.31. The maximum atomic E-state index is 6.28. The van der Waals surface area contributed by atoms with E-state index in [-0.39, 0.29) is 0 Å². The average Bonchev–Trinajstić information content (AvgIpc) is 3.19. The molecule has 2 aromatic carbocycles. The zero-order valence-electron chi connectivity index (χ0n) is 13.8. The first-order valence-corrected chi connectivity index (χ1v) is 8.88. The lowest BCUT2D eigenvalue weighted by Gasteiger charge is -2.18. The van der Waals surface area contributed by atoms with Gasteiger partial charge in [0.25, 0.3) is 0 Å². The Morgan fingerprint density at radius 1 is 0.880 bits per heavy atom. The zero-order chi connectivity index (χ0) is 17.1. The number of nitrogens with one attached hydrogen (secondary N) is 1. The van der Waals surface area contributed by atoms with Gasteiger partial charge in [-0.15, -0.1) is 0 Å². The van der Waals surface area contributed by atoms with Gasteiger partial charge < -0.3 is 10.2 Å². The maximum absolute atomic E-state index is 6.28. The van der Waals surface area contributed by atoms with Gasteiger partial charge in [-0.25, -0.2) is 9.97 Å². The fourth-order valence-corrected chi connectivity index (χ4v) is 3.21. The van der Waals surface area contributed by atoms with Gasteiger partial charge >= 0.3 is 0 Å². The fourth-order valence-electron chi connectivity index (χ4n) is 3.02. The number of hydrogen-bond donors (Lipinski definition) is 1. The van der Waals surface area contributed by atoms with Gasteiger partial charge in [0.1, 0.15) is 11.6 Å². The summed E-state index contributed by atoms with van der Waals surface area (Å²) in [5, 5.41) is 4.01. The van der Waals surface area contributed by atoms with Gasteiger partial charge in [0.2, 0.25) is 0 Å². The van der Waals surface area contributed by atoms with Crippen LogP contribution in [0.4, 0.5) is 17.3 Å². The highest BCUT2D eigenvalue weighted by Gasteiger charge is 2.16. The Balaban J connectivity index is 1.74. The molecular weight excluding hydrogens is 332 g/mol. The van der Waals surface area contributed by atoms with E-state index in [2.05, 4.69) is 10.2 Å². The van der Waals surface area contributed by atoms with Crippen LogP contribution in [0, 0.1) is 0 Å². The molecule has 0 bridgehead atoms.